The Hall–Kier alpha value is -11.7. The Balaban J connectivity index is 0.862. The van der Waals surface area contributed by atoms with E-state index < -0.39 is 147 Å². The van der Waals surface area contributed by atoms with Gasteiger partial charge in [-0.15, -0.1) is 0 Å². The van der Waals surface area contributed by atoms with Crippen molar-refractivity contribution in [2.75, 3.05) is 26.4 Å². The van der Waals surface area contributed by atoms with Crippen LogP contribution in [0, 0.1) is 6.92 Å². The number of aryl methyl sites for hydroxylation is 1. The fourth-order valence-electron chi connectivity index (χ4n) is 15.8. The molecule has 4 aliphatic heterocycles. The number of carbonyl (C=O) groups is 6. The van der Waals surface area contributed by atoms with E-state index in [0.717, 1.165) is 38.3 Å². The second-order valence-corrected chi connectivity index (χ2v) is 32.6. The van der Waals surface area contributed by atoms with E-state index in [1.807, 2.05) is 231 Å². The quantitative estimate of drug-likeness (QED) is 0.0205. The average Bonchev–Trinajstić information content (AvgIpc) is 1.54. The molecule has 11 aromatic carbocycles. The van der Waals surface area contributed by atoms with Gasteiger partial charge in [-0.1, -0.05) is 314 Å². The number of fused-ring (bicyclic) bond motifs is 1. The third-order valence-corrected chi connectivity index (χ3v) is 23.1. The molecule has 0 spiro atoms. The van der Waals surface area contributed by atoms with E-state index in [2.05, 4.69) is 10.6 Å². The van der Waals surface area contributed by atoms with Crippen molar-refractivity contribution in [1.29, 1.82) is 0 Å². The first-order valence-corrected chi connectivity index (χ1v) is 43.8. The van der Waals surface area contributed by atoms with Crippen molar-refractivity contribution in [3.05, 3.63) is 392 Å². The van der Waals surface area contributed by atoms with Crippen LogP contribution in [-0.4, -0.2) is 165 Å². The fourth-order valence-corrected chi connectivity index (χ4v) is 16.1. The maximum Gasteiger partial charge on any atom is 0.408 e. The van der Waals surface area contributed by atoms with Crippen molar-refractivity contribution in [2.24, 2.45) is 0 Å². The number of benzene rings is 11. The molecule has 0 saturated carbocycles. The van der Waals surface area contributed by atoms with E-state index in [1.165, 1.54) is 19.1 Å². The molecule has 3 saturated heterocycles. The van der Waals surface area contributed by atoms with Gasteiger partial charge in [0, 0.05) is 6.92 Å². The Morgan fingerprint density at radius 3 is 1.18 bits per heavy atom. The first-order valence-electron chi connectivity index (χ1n) is 43.0. The van der Waals surface area contributed by atoms with Crippen LogP contribution in [0.4, 0.5) is 4.79 Å². The molecule has 0 aliphatic carbocycles. The highest BCUT2D eigenvalue weighted by Gasteiger charge is 2.60. The SMILES string of the molecule is CC(=O)N[C@H]1[C@@H](OC[C@H](NC(=O)OCc2ccccc2)C(=O)OCc2ccccc2)O[C@H](CO[C@@H]2O[C@H](COCc3ccccc3)[C@@H](O[C@@H]3O[C@H](COCc4ccccc4)[C@H](OCc4ccccc4)[C@H](OCc4ccccc4)[C@H]3OC(=O)c3ccc(C)cc3)[C@H](OCc3ccccc3)[C@H]2N2C(=O)c3cc(Cl)c(Cl)cc3C2=O)[C@H](OCc2ccccc2)[C@@H]1OCc1ccccc1. The number of alkyl carbamates (subject to hydrolysis) is 1. The van der Waals surface area contributed by atoms with Crippen molar-refractivity contribution >= 4 is 59.0 Å². The van der Waals surface area contributed by atoms with Gasteiger partial charge < -0.3 is 86.4 Å². The summed E-state index contributed by atoms with van der Waals surface area (Å²) in [6.45, 7) is 0.751. The van der Waals surface area contributed by atoms with Crippen LogP contribution in [-0.2, 0) is 145 Å². The van der Waals surface area contributed by atoms with Gasteiger partial charge in [0.05, 0.1) is 99.4 Å². The number of amides is 4. The van der Waals surface area contributed by atoms with Crippen LogP contribution in [0.1, 0.15) is 93.6 Å². The number of nitrogens with one attached hydrogen (secondary N) is 2. The van der Waals surface area contributed by atoms with Crippen LogP contribution >= 0.6 is 23.2 Å². The third-order valence-electron chi connectivity index (χ3n) is 22.4. The number of hydrogen-bond acceptors (Lipinski definition) is 22. The summed E-state index contributed by atoms with van der Waals surface area (Å²) in [6, 6.07) is 88.4. The van der Waals surface area contributed by atoms with Gasteiger partial charge in [0.15, 0.2) is 31.0 Å². The van der Waals surface area contributed by atoms with Gasteiger partial charge >= 0.3 is 18.0 Å². The van der Waals surface area contributed by atoms with Gasteiger partial charge in [-0.05, 0) is 81.3 Å². The molecule has 15 rings (SSSR count). The average molecular weight is 1800 g/mol. The summed E-state index contributed by atoms with van der Waals surface area (Å²) in [5.74, 6) is -4.01. The second-order valence-electron chi connectivity index (χ2n) is 31.8. The minimum absolute atomic E-state index is 0.00121. The zero-order chi connectivity index (χ0) is 89.9. The standard InChI is InChI=1S/C103H101Cl2N3O22/c1-67-48-50-78(51-49-67)98(112)129-95-94(121-60-75-42-24-9-25-43-75)90(118-57-72-36-18-6-19-37-72)84(64-115-54-69-30-12-3-13-31-69)128-102(95)130-91-85(65-116-55-70-32-14-4-15-33-70)127-101(88(93(91)120-59-74-40-22-8-23-41-74)108-96(110)79-52-81(104)82(105)53-80(79)97(108)111)124-66-86-89(117-56-71-34-16-5-17-35-71)92(119-58-73-38-20-7-21-39-73)87(106-68(2)109)100(126-86)123-63-83(99(113)122-61-76-44-26-10-27-45-76)107-103(114)125-62-77-46-28-11-29-47-77/h3-53,83-95,100-102H,54-66H2,1-2H3,(H,106,109)(H,107,114)/t83-,84+,85+,86+,87+,88+,89-,90-,91+,92+,93+,94-,95+,100-,101+,102-/m0/s1. The van der Waals surface area contributed by atoms with Gasteiger partial charge in [0.1, 0.15) is 80.2 Å². The lowest BCUT2D eigenvalue weighted by Crippen LogP contribution is -2.70. The van der Waals surface area contributed by atoms with Crippen molar-refractivity contribution in [3.8, 4) is 0 Å². The minimum Gasteiger partial charge on any atom is -0.459 e. The molecule has 0 radical (unpaired) electrons. The lowest BCUT2D eigenvalue weighted by atomic mass is 9.93. The fraction of sp³-hybridized carbons (Fsp3) is 0.301. The van der Waals surface area contributed by atoms with Crippen LogP contribution in [0.25, 0.3) is 0 Å². The topological polar surface area (TPSA) is 277 Å². The molecule has 2 N–H and O–H groups in total. The largest absolute Gasteiger partial charge is 0.459 e. The number of nitrogens with zero attached hydrogens (tertiary/aromatic N) is 1. The van der Waals surface area contributed by atoms with Crippen molar-refractivity contribution < 1.29 is 105 Å². The molecule has 27 heteroatoms. The van der Waals surface area contributed by atoms with Crippen molar-refractivity contribution in [3.63, 3.8) is 0 Å². The van der Waals surface area contributed by atoms with Gasteiger partial charge in [0.25, 0.3) is 11.8 Å². The maximum atomic E-state index is 16.1. The number of halogens is 2. The highest BCUT2D eigenvalue weighted by Crippen LogP contribution is 2.42. The summed E-state index contributed by atoms with van der Waals surface area (Å²) in [5.41, 5.74) is 7.34. The summed E-state index contributed by atoms with van der Waals surface area (Å²) in [4.78, 5) is 91.3. The Morgan fingerprint density at radius 2 is 0.738 bits per heavy atom. The zero-order valence-corrected chi connectivity index (χ0v) is 73.1. The third kappa shape index (κ3) is 25.3. The van der Waals surface area contributed by atoms with Gasteiger partial charge in [-0.25, -0.2) is 14.4 Å². The lowest BCUT2D eigenvalue weighted by molar-refractivity contribution is -0.365. The van der Waals surface area contributed by atoms with Crippen LogP contribution in [0.15, 0.2) is 309 Å². The molecule has 16 atom stereocenters. The number of esters is 2. The van der Waals surface area contributed by atoms with E-state index in [0.29, 0.717) is 22.3 Å². The van der Waals surface area contributed by atoms with Gasteiger partial charge in [-0.3, -0.25) is 19.3 Å². The zero-order valence-electron chi connectivity index (χ0n) is 71.6. The van der Waals surface area contributed by atoms with Crippen molar-refractivity contribution in [1.82, 2.24) is 15.5 Å². The highest BCUT2D eigenvalue weighted by atomic mass is 35.5. The predicted octanol–water partition coefficient (Wildman–Crippen LogP) is 16.0. The molecule has 25 nitrogen and oxygen atoms in total. The second kappa shape index (κ2) is 46.7. The first-order chi connectivity index (χ1) is 63.6. The Kier molecular flexibility index (Phi) is 33.4. The molecular formula is C103H101Cl2N3O22. The molecule has 4 aliphatic rings. The molecule has 130 heavy (non-hydrogen) atoms. The summed E-state index contributed by atoms with van der Waals surface area (Å²) in [6.07, 6.45) is -19.8. The van der Waals surface area contributed by atoms with E-state index >= 15 is 14.4 Å². The van der Waals surface area contributed by atoms with Gasteiger partial charge in [-0.2, -0.15) is 0 Å². The molecule has 0 bridgehead atoms. The monoisotopic (exact) mass is 1800 g/mol. The number of imide groups is 1. The Morgan fingerprint density at radius 1 is 0.377 bits per heavy atom. The van der Waals surface area contributed by atoms with Gasteiger partial charge in [0.2, 0.25) is 5.91 Å². The number of ether oxygens (including phenoxy) is 16. The molecule has 0 unspecified atom stereocenters. The molecule has 0 aromatic heterocycles. The number of rotatable bonds is 41. The predicted molar refractivity (Wildman–Crippen MR) is 479 cm³/mol. The molecule has 674 valence electrons. The summed E-state index contributed by atoms with van der Waals surface area (Å²) >= 11 is 13.6. The minimum atomic E-state index is -1.83. The lowest BCUT2D eigenvalue weighted by Gasteiger charge is -2.51. The van der Waals surface area contributed by atoms with E-state index in [4.69, 9.17) is 99.0 Å². The molecule has 11 aromatic rings. The van der Waals surface area contributed by atoms with Crippen molar-refractivity contribution in [2.45, 2.75) is 171 Å². The Bertz CT molecular complexity index is 5390. The van der Waals surface area contributed by atoms with E-state index in [-0.39, 0.29) is 99.4 Å². The molecule has 4 amide bonds. The normalized spacial score (nSPS) is 22.6. The van der Waals surface area contributed by atoms with Crippen LogP contribution < -0.4 is 10.6 Å². The summed E-state index contributed by atoms with van der Waals surface area (Å²) < 4.78 is 112. The molecule has 3 fully saturated rings. The summed E-state index contributed by atoms with van der Waals surface area (Å²) in [7, 11) is 0. The molecule has 4 heterocycles. The van der Waals surface area contributed by atoms with Crippen LogP contribution in [0.5, 0.6) is 0 Å². The maximum absolute atomic E-state index is 16.1. The Labute approximate surface area is 764 Å². The first kappa shape index (κ1) is 93.0. The molecular weight excluding hydrogens is 1700 g/mol. The van der Waals surface area contributed by atoms with Crippen LogP contribution in [0.3, 0.4) is 0 Å². The van der Waals surface area contributed by atoms with E-state index in [1.54, 1.807) is 72.8 Å². The smallest absolute Gasteiger partial charge is 0.408 e. The summed E-state index contributed by atoms with van der Waals surface area (Å²) in [5, 5.41) is 5.59. The number of carbonyl (C=O) groups excluding carboxylic acids is 6. The highest BCUT2D eigenvalue weighted by molar-refractivity contribution is 6.43. The number of hydrogen-bond donors (Lipinski definition) is 2. The van der Waals surface area contributed by atoms with Crippen LogP contribution in [0.2, 0.25) is 10.0 Å². The van der Waals surface area contributed by atoms with E-state index in [9.17, 15) is 14.4 Å².